The van der Waals surface area contributed by atoms with Crippen LogP contribution in [0.3, 0.4) is 0 Å². The topological polar surface area (TPSA) is 3.24 Å². The summed E-state index contributed by atoms with van der Waals surface area (Å²) in [7, 11) is 0. The molecule has 0 radical (unpaired) electrons. The first-order valence-corrected chi connectivity index (χ1v) is 14.6. The average Bonchev–Trinajstić information content (AvgIpc) is 3.53. The van der Waals surface area contributed by atoms with Gasteiger partial charge in [-0.15, -0.1) is 0 Å². The minimum Gasteiger partial charge on any atom is -0.310 e. The Hall–Kier alpha value is -5.40. The molecule has 2 aliphatic carbocycles. The molecule has 1 spiro atoms. The van der Waals surface area contributed by atoms with E-state index in [-0.39, 0.29) is 5.41 Å². The molecule has 0 bridgehead atoms. The van der Waals surface area contributed by atoms with E-state index in [2.05, 4.69) is 169 Å². The lowest BCUT2D eigenvalue weighted by atomic mass is 9.70. The van der Waals surface area contributed by atoms with Crippen molar-refractivity contribution in [1.29, 1.82) is 0 Å². The standard InChI is InChI=1S/C41H27N/c1-2-15-29(16-3-1)42(40-24-12-14-28-13-4-5-17-31(28)40)30-25-26-39-35(27-30)34-20-8-11-23-38(34)41(39)36-21-9-6-18-32(36)33-19-7-10-22-37(33)41/h1-27H. The summed E-state index contributed by atoms with van der Waals surface area (Å²) in [5, 5.41) is 2.47. The molecule has 1 nitrogen and oxygen atoms in total. The average molecular weight is 534 g/mol. The van der Waals surface area contributed by atoms with E-state index in [0.717, 1.165) is 11.4 Å². The molecule has 0 aromatic heterocycles. The fourth-order valence-corrected chi connectivity index (χ4v) is 7.63. The SMILES string of the molecule is c1ccc(N(c2ccc3c(c2)-c2ccccc2C32c3ccccc3-c3ccccc32)c2cccc3ccccc23)cc1. The minimum atomic E-state index is -0.325. The second-order valence-corrected chi connectivity index (χ2v) is 11.3. The van der Waals surface area contributed by atoms with E-state index < -0.39 is 0 Å². The third-order valence-electron chi connectivity index (χ3n) is 9.26. The van der Waals surface area contributed by atoms with E-state index in [4.69, 9.17) is 0 Å². The van der Waals surface area contributed by atoms with Crippen molar-refractivity contribution in [2.75, 3.05) is 4.90 Å². The van der Waals surface area contributed by atoms with Crippen LogP contribution in [0.25, 0.3) is 33.0 Å². The Labute approximate surface area is 246 Å². The summed E-state index contributed by atoms with van der Waals surface area (Å²) in [5.41, 5.74) is 13.9. The second-order valence-electron chi connectivity index (χ2n) is 11.3. The van der Waals surface area contributed by atoms with Gasteiger partial charge in [0.2, 0.25) is 0 Å². The number of anilines is 3. The van der Waals surface area contributed by atoms with Crippen molar-refractivity contribution in [3.8, 4) is 22.3 Å². The summed E-state index contributed by atoms with van der Waals surface area (Å²) in [6, 6.07) is 60.1. The summed E-state index contributed by atoms with van der Waals surface area (Å²) < 4.78 is 0. The van der Waals surface area contributed by atoms with Crippen molar-refractivity contribution in [1.82, 2.24) is 0 Å². The van der Waals surface area contributed by atoms with Gasteiger partial charge in [-0.3, -0.25) is 0 Å². The molecule has 0 atom stereocenters. The number of fused-ring (bicyclic) bond motifs is 11. The highest BCUT2D eigenvalue weighted by molar-refractivity contribution is 6.00. The van der Waals surface area contributed by atoms with E-state index in [9.17, 15) is 0 Å². The first-order chi connectivity index (χ1) is 20.9. The Morgan fingerprint density at radius 1 is 0.357 bits per heavy atom. The van der Waals surface area contributed by atoms with Gasteiger partial charge >= 0.3 is 0 Å². The number of rotatable bonds is 3. The Bertz CT molecular complexity index is 2110. The monoisotopic (exact) mass is 533 g/mol. The predicted molar refractivity (Wildman–Crippen MR) is 175 cm³/mol. The summed E-state index contributed by atoms with van der Waals surface area (Å²) in [6.07, 6.45) is 0. The molecule has 0 saturated heterocycles. The number of benzene rings is 7. The molecule has 7 aromatic rings. The molecule has 0 aliphatic heterocycles. The Morgan fingerprint density at radius 3 is 1.57 bits per heavy atom. The van der Waals surface area contributed by atoms with Crippen molar-refractivity contribution >= 4 is 27.8 Å². The van der Waals surface area contributed by atoms with Gasteiger partial charge in [-0.2, -0.15) is 0 Å². The van der Waals surface area contributed by atoms with Gasteiger partial charge in [0.05, 0.1) is 11.1 Å². The number of hydrogen-bond donors (Lipinski definition) is 0. The molecule has 0 unspecified atom stereocenters. The van der Waals surface area contributed by atoms with Crippen LogP contribution in [0.5, 0.6) is 0 Å². The first-order valence-electron chi connectivity index (χ1n) is 14.6. The van der Waals surface area contributed by atoms with Gasteiger partial charge in [-0.25, -0.2) is 0 Å². The second kappa shape index (κ2) is 8.80. The molecule has 0 N–H and O–H groups in total. The van der Waals surface area contributed by atoms with Crippen molar-refractivity contribution in [3.63, 3.8) is 0 Å². The fourth-order valence-electron chi connectivity index (χ4n) is 7.63. The van der Waals surface area contributed by atoms with Gasteiger partial charge in [-0.05, 0) is 80.2 Å². The van der Waals surface area contributed by atoms with Gasteiger partial charge in [-0.1, -0.05) is 133 Å². The largest absolute Gasteiger partial charge is 0.310 e. The molecule has 0 heterocycles. The number of hydrogen-bond acceptors (Lipinski definition) is 1. The van der Waals surface area contributed by atoms with Crippen LogP contribution >= 0.6 is 0 Å². The highest BCUT2D eigenvalue weighted by Gasteiger charge is 2.51. The van der Waals surface area contributed by atoms with Crippen LogP contribution in [-0.2, 0) is 5.41 Å². The lowest BCUT2D eigenvalue weighted by molar-refractivity contribution is 0.794. The first kappa shape index (κ1) is 23.3. The molecule has 0 saturated carbocycles. The highest BCUT2D eigenvalue weighted by atomic mass is 15.1. The zero-order chi connectivity index (χ0) is 27.7. The fraction of sp³-hybridized carbons (Fsp3) is 0.0244. The Morgan fingerprint density at radius 2 is 0.881 bits per heavy atom. The smallest absolute Gasteiger partial charge is 0.0725 e. The molecular formula is C41H27N. The normalized spacial score (nSPS) is 13.4. The molecule has 2 aliphatic rings. The van der Waals surface area contributed by atoms with Crippen LogP contribution in [0.2, 0.25) is 0 Å². The van der Waals surface area contributed by atoms with Gasteiger partial charge in [0.15, 0.2) is 0 Å². The van der Waals surface area contributed by atoms with Crippen LogP contribution in [0.15, 0.2) is 164 Å². The van der Waals surface area contributed by atoms with Gasteiger partial charge < -0.3 is 4.90 Å². The van der Waals surface area contributed by atoms with E-state index in [1.807, 2.05) is 0 Å². The number of para-hydroxylation sites is 1. The van der Waals surface area contributed by atoms with Crippen molar-refractivity contribution in [2.45, 2.75) is 5.41 Å². The van der Waals surface area contributed by atoms with Crippen LogP contribution < -0.4 is 4.90 Å². The predicted octanol–water partition coefficient (Wildman–Crippen LogP) is 10.7. The Kier molecular flexibility index (Phi) is 4.88. The van der Waals surface area contributed by atoms with Gasteiger partial charge in [0.25, 0.3) is 0 Å². The molecule has 9 rings (SSSR count). The maximum absolute atomic E-state index is 2.42. The minimum absolute atomic E-state index is 0.325. The molecule has 7 aromatic carbocycles. The van der Waals surface area contributed by atoms with Gasteiger partial charge in [0, 0.05) is 16.8 Å². The van der Waals surface area contributed by atoms with Crippen LogP contribution in [0, 0.1) is 0 Å². The maximum atomic E-state index is 2.42. The van der Waals surface area contributed by atoms with E-state index >= 15 is 0 Å². The molecule has 196 valence electrons. The van der Waals surface area contributed by atoms with Crippen molar-refractivity contribution in [2.24, 2.45) is 0 Å². The van der Waals surface area contributed by atoms with Crippen molar-refractivity contribution < 1.29 is 0 Å². The number of nitrogens with zero attached hydrogens (tertiary/aromatic N) is 1. The van der Waals surface area contributed by atoms with Crippen LogP contribution in [-0.4, -0.2) is 0 Å². The van der Waals surface area contributed by atoms with Crippen molar-refractivity contribution in [3.05, 3.63) is 186 Å². The molecule has 42 heavy (non-hydrogen) atoms. The quantitative estimate of drug-likeness (QED) is 0.218. The van der Waals surface area contributed by atoms with Crippen LogP contribution in [0.1, 0.15) is 22.3 Å². The summed E-state index contributed by atoms with van der Waals surface area (Å²) in [5.74, 6) is 0. The lowest BCUT2D eigenvalue weighted by Gasteiger charge is -2.31. The van der Waals surface area contributed by atoms with E-state index in [0.29, 0.717) is 0 Å². The maximum Gasteiger partial charge on any atom is 0.0725 e. The third kappa shape index (κ3) is 3.03. The molecular weight excluding hydrogens is 506 g/mol. The molecule has 0 amide bonds. The summed E-state index contributed by atoms with van der Waals surface area (Å²) >= 11 is 0. The summed E-state index contributed by atoms with van der Waals surface area (Å²) in [6.45, 7) is 0. The Balaban J connectivity index is 1.34. The lowest BCUT2D eigenvalue weighted by Crippen LogP contribution is -2.25. The van der Waals surface area contributed by atoms with Crippen LogP contribution in [0.4, 0.5) is 17.1 Å². The molecule has 1 heteroatoms. The molecule has 0 fully saturated rings. The summed E-state index contributed by atoms with van der Waals surface area (Å²) in [4.78, 5) is 2.41. The van der Waals surface area contributed by atoms with E-state index in [1.54, 1.807) is 0 Å². The van der Waals surface area contributed by atoms with Gasteiger partial charge in [0.1, 0.15) is 0 Å². The third-order valence-corrected chi connectivity index (χ3v) is 9.26. The van der Waals surface area contributed by atoms with E-state index in [1.165, 1.54) is 61.0 Å². The zero-order valence-corrected chi connectivity index (χ0v) is 23.0. The zero-order valence-electron chi connectivity index (χ0n) is 23.0. The highest BCUT2D eigenvalue weighted by Crippen LogP contribution is 2.63.